The number of hydrogen-bond acceptors (Lipinski definition) is 3. The summed E-state index contributed by atoms with van der Waals surface area (Å²) in [7, 11) is -2.99. The molecule has 0 spiro atoms. The summed E-state index contributed by atoms with van der Waals surface area (Å²) in [5, 5.41) is 3.12. The molecule has 1 aliphatic rings. The van der Waals surface area contributed by atoms with Crippen LogP contribution in [-0.2, 0) is 10.0 Å². The van der Waals surface area contributed by atoms with Crippen molar-refractivity contribution >= 4 is 10.0 Å². The molecule has 0 aliphatic carbocycles. The summed E-state index contributed by atoms with van der Waals surface area (Å²) in [5.41, 5.74) is 0. The first kappa shape index (κ1) is 9.95. The molecule has 0 aromatic heterocycles. The van der Waals surface area contributed by atoms with Gasteiger partial charge in [-0.2, -0.15) is 0 Å². The average Bonchev–Trinajstić information content (AvgIpc) is 1.82. The van der Waals surface area contributed by atoms with Crippen molar-refractivity contribution in [2.24, 2.45) is 5.92 Å². The molecular formula is C7H16N2O2S. The lowest BCUT2D eigenvalue weighted by Crippen LogP contribution is -2.51. The fourth-order valence-electron chi connectivity index (χ4n) is 1.40. The third kappa shape index (κ3) is 3.08. The van der Waals surface area contributed by atoms with Gasteiger partial charge in [-0.15, -0.1) is 0 Å². The molecule has 0 unspecified atom stereocenters. The Hall–Kier alpha value is -0.130. The third-order valence-corrected chi connectivity index (χ3v) is 3.28. The van der Waals surface area contributed by atoms with Gasteiger partial charge in [0.1, 0.15) is 0 Å². The first-order chi connectivity index (χ1) is 5.49. The second kappa shape index (κ2) is 3.72. The Morgan fingerprint density at radius 2 is 2.17 bits per heavy atom. The van der Waals surface area contributed by atoms with Gasteiger partial charge in [-0.3, -0.25) is 5.32 Å². The van der Waals surface area contributed by atoms with Crippen molar-refractivity contribution in [1.82, 2.24) is 10.0 Å². The molecule has 4 nitrogen and oxygen atoms in total. The van der Waals surface area contributed by atoms with Crippen LogP contribution in [0.2, 0.25) is 0 Å². The van der Waals surface area contributed by atoms with E-state index in [9.17, 15) is 8.42 Å². The summed E-state index contributed by atoms with van der Waals surface area (Å²) in [6.45, 7) is 4.56. The molecular weight excluding hydrogens is 176 g/mol. The second-order valence-corrected chi connectivity index (χ2v) is 5.48. The van der Waals surface area contributed by atoms with Crippen molar-refractivity contribution in [2.45, 2.75) is 26.3 Å². The minimum absolute atomic E-state index is 0.122. The quantitative estimate of drug-likeness (QED) is 0.641. The predicted molar refractivity (Wildman–Crippen MR) is 48.2 cm³/mol. The van der Waals surface area contributed by atoms with Crippen molar-refractivity contribution in [3.05, 3.63) is 0 Å². The van der Waals surface area contributed by atoms with Gasteiger partial charge >= 0.3 is 0 Å². The van der Waals surface area contributed by atoms with Crippen LogP contribution in [-0.4, -0.2) is 26.9 Å². The van der Waals surface area contributed by atoms with Crippen molar-refractivity contribution in [3.63, 3.8) is 0 Å². The van der Waals surface area contributed by atoms with Gasteiger partial charge in [0.25, 0.3) is 0 Å². The van der Waals surface area contributed by atoms with Crippen LogP contribution in [0.3, 0.4) is 0 Å². The lowest BCUT2D eigenvalue weighted by molar-refractivity contribution is 0.419. The van der Waals surface area contributed by atoms with E-state index in [1.165, 1.54) is 0 Å². The highest BCUT2D eigenvalue weighted by atomic mass is 32.2. The van der Waals surface area contributed by atoms with E-state index >= 15 is 0 Å². The van der Waals surface area contributed by atoms with Crippen LogP contribution in [0.1, 0.15) is 20.3 Å². The monoisotopic (exact) mass is 192 g/mol. The Kier molecular flexibility index (Phi) is 3.09. The highest BCUT2D eigenvalue weighted by Gasteiger charge is 2.23. The molecule has 1 heterocycles. The van der Waals surface area contributed by atoms with Crippen LogP contribution >= 0.6 is 0 Å². The smallest absolute Gasteiger partial charge is 0.214 e. The minimum atomic E-state index is -2.99. The molecule has 0 aromatic rings. The normalized spacial score (nSPS) is 29.1. The molecule has 5 heteroatoms. The molecule has 0 aromatic carbocycles. The van der Waals surface area contributed by atoms with Gasteiger partial charge in [-0.05, 0) is 12.3 Å². The van der Waals surface area contributed by atoms with Crippen LogP contribution in [0.5, 0.6) is 0 Å². The minimum Gasteiger partial charge on any atom is -0.300 e. The molecule has 0 saturated carbocycles. The van der Waals surface area contributed by atoms with Gasteiger partial charge in [0, 0.05) is 6.04 Å². The molecule has 1 fully saturated rings. The number of sulfonamides is 1. The Labute approximate surface area is 73.8 Å². The Morgan fingerprint density at radius 1 is 1.50 bits per heavy atom. The molecule has 0 bridgehead atoms. The molecule has 0 amide bonds. The maximum absolute atomic E-state index is 11.1. The lowest BCUT2D eigenvalue weighted by Gasteiger charge is -2.25. The van der Waals surface area contributed by atoms with Gasteiger partial charge < -0.3 is 0 Å². The van der Waals surface area contributed by atoms with E-state index in [0.717, 1.165) is 6.42 Å². The van der Waals surface area contributed by atoms with Gasteiger partial charge in [0.05, 0.1) is 12.4 Å². The van der Waals surface area contributed by atoms with E-state index in [0.29, 0.717) is 12.6 Å². The Balaban J connectivity index is 2.47. The standard InChI is InChI=1S/C7H16N2O2S/c1-6(2)3-7-4-12(10,11)9-5-8-7/h6-9H,3-5H2,1-2H3/t7-/m0/s1. The highest BCUT2D eigenvalue weighted by molar-refractivity contribution is 7.89. The first-order valence-corrected chi connectivity index (χ1v) is 5.85. The van der Waals surface area contributed by atoms with E-state index in [1.807, 2.05) is 0 Å². The van der Waals surface area contributed by atoms with E-state index in [4.69, 9.17) is 0 Å². The Morgan fingerprint density at radius 3 is 2.67 bits per heavy atom. The zero-order valence-electron chi connectivity index (χ0n) is 7.50. The zero-order valence-corrected chi connectivity index (χ0v) is 8.32. The van der Waals surface area contributed by atoms with E-state index in [-0.39, 0.29) is 11.8 Å². The number of hydrogen-bond donors (Lipinski definition) is 2. The molecule has 0 radical (unpaired) electrons. The van der Waals surface area contributed by atoms with Gasteiger partial charge in [-0.1, -0.05) is 13.8 Å². The lowest BCUT2D eigenvalue weighted by atomic mass is 10.1. The topological polar surface area (TPSA) is 58.2 Å². The largest absolute Gasteiger partial charge is 0.300 e. The van der Waals surface area contributed by atoms with Crippen molar-refractivity contribution in [3.8, 4) is 0 Å². The van der Waals surface area contributed by atoms with E-state index in [1.54, 1.807) is 0 Å². The van der Waals surface area contributed by atoms with Crippen molar-refractivity contribution < 1.29 is 8.42 Å². The summed E-state index contributed by atoms with van der Waals surface area (Å²) in [4.78, 5) is 0. The number of nitrogens with one attached hydrogen (secondary N) is 2. The fourth-order valence-corrected chi connectivity index (χ4v) is 2.60. The summed E-state index contributed by atoms with van der Waals surface area (Å²) < 4.78 is 24.6. The predicted octanol–water partition coefficient (Wildman–Crippen LogP) is -0.119. The Bertz CT molecular complexity index is 236. The van der Waals surface area contributed by atoms with Gasteiger partial charge in [-0.25, -0.2) is 13.1 Å². The zero-order chi connectivity index (χ0) is 9.19. The molecule has 2 N–H and O–H groups in total. The molecule has 72 valence electrons. The first-order valence-electron chi connectivity index (χ1n) is 4.20. The van der Waals surface area contributed by atoms with E-state index in [2.05, 4.69) is 23.9 Å². The molecule has 1 atom stereocenters. The molecule has 1 saturated heterocycles. The van der Waals surface area contributed by atoms with Crippen molar-refractivity contribution in [2.75, 3.05) is 12.4 Å². The summed E-state index contributed by atoms with van der Waals surface area (Å²) >= 11 is 0. The van der Waals surface area contributed by atoms with Crippen LogP contribution in [0.15, 0.2) is 0 Å². The van der Waals surface area contributed by atoms with Crippen LogP contribution < -0.4 is 10.0 Å². The molecule has 1 rings (SSSR count). The third-order valence-electron chi connectivity index (χ3n) is 1.86. The molecule has 1 aliphatic heterocycles. The maximum Gasteiger partial charge on any atom is 0.214 e. The van der Waals surface area contributed by atoms with Crippen LogP contribution in [0.4, 0.5) is 0 Å². The summed E-state index contributed by atoms with van der Waals surface area (Å²) in [5.74, 6) is 0.751. The van der Waals surface area contributed by atoms with E-state index < -0.39 is 10.0 Å². The van der Waals surface area contributed by atoms with Crippen LogP contribution in [0.25, 0.3) is 0 Å². The maximum atomic E-state index is 11.1. The van der Waals surface area contributed by atoms with Crippen molar-refractivity contribution in [1.29, 1.82) is 0 Å². The summed E-state index contributed by atoms with van der Waals surface area (Å²) in [6, 6.07) is 0.122. The average molecular weight is 192 g/mol. The second-order valence-electron chi connectivity index (χ2n) is 3.63. The van der Waals surface area contributed by atoms with Crippen LogP contribution in [0, 0.1) is 5.92 Å². The molecule has 12 heavy (non-hydrogen) atoms. The van der Waals surface area contributed by atoms with Gasteiger partial charge in [0.15, 0.2) is 0 Å². The fraction of sp³-hybridized carbons (Fsp3) is 1.00. The number of rotatable bonds is 2. The highest BCUT2D eigenvalue weighted by Crippen LogP contribution is 2.08. The van der Waals surface area contributed by atoms with Gasteiger partial charge in [0.2, 0.25) is 10.0 Å². The SMILES string of the molecule is CC(C)C[C@H]1CS(=O)(=O)NCN1. The summed E-state index contributed by atoms with van der Waals surface area (Å²) in [6.07, 6.45) is 0.918.